The third-order valence-corrected chi connectivity index (χ3v) is 3.95. The number of benzene rings is 1. The predicted octanol–water partition coefficient (Wildman–Crippen LogP) is 3.52. The molecule has 1 fully saturated rings. The second-order valence-corrected chi connectivity index (χ2v) is 5.65. The fourth-order valence-electron chi connectivity index (χ4n) is 2.05. The number of aromatic amines is 1. The van der Waals surface area contributed by atoms with E-state index in [1.807, 2.05) is 0 Å². The van der Waals surface area contributed by atoms with Gasteiger partial charge in [0.25, 0.3) is 5.56 Å². The van der Waals surface area contributed by atoms with Crippen LogP contribution in [0.2, 0.25) is 0 Å². The van der Waals surface area contributed by atoms with Crippen LogP contribution in [0.1, 0.15) is 30.1 Å². The highest BCUT2D eigenvalue weighted by molar-refractivity contribution is 9.10. The number of halogens is 2. The van der Waals surface area contributed by atoms with Gasteiger partial charge in [0.2, 0.25) is 0 Å². The maximum atomic E-state index is 14.1. The Bertz CT molecular complexity index is 707. The van der Waals surface area contributed by atoms with Gasteiger partial charge in [-0.1, -0.05) is 6.07 Å². The second kappa shape index (κ2) is 4.56. The first-order valence-electron chi connectivity index (χ1n) is 6.13. The first-order valence-corrected chi connectivity index (χ1v) is 6.92. The summed E-state index contributed by atoms with van der Waals surface area (Å²) in [6.07, 6.45) is 2.07. The summed E-state index contributed by atoms with van der Waals surface area (Å²) in [6.45, 7) is 1.66. The Morgan fingerprint density at radius 2 is 2.16 bits per heavy atom. The van der Waals surface area contributed by atoms with E-state index in [2.05, 4.69) is 25.9 Å². The molecule has 3 nitrogen and oxygen atoms in total. The van der Waals surface area contributed by atoms with Gasteiger partial charge in [-0.25, -0.2) is 9.37 Å². The number of nitrogens with one attached hydrogen (secondary N) is 1. The standard InChI is InChI=1S/C14H12BrFN2O/c1-7-12(9-3-2-4-10(15)11(9)16)17-13(8-5-6-8)18-14(7)19/h2-4,8H,5-6H2,1H3,(H,17,18,19). The predicted molar refractivity (Wildman–Crippen MR) is 74.7 cm³/mol. The van der Waals surface area contributed by atoms with Crippen molar-refractivity contribution in [1.29, 1.82) is 0 Å². The molecule has 0 saturated heterocycles. The Kier molecular flexibility index (Phi) is 3.01. The van der Waals surface area contributed by atoms with Crippen molar-refractivity contribution >= 4 is 15.9 Å². The van der Waals surface area contributed by atoms with Crippen molar-refractivity contribution < 1.29 is 4.39 Å². The molecule has 0 radical (unpaired) electrons. The molecule has 0 spiro atoms. The van der Waals surface area contributed by atoms with Crippen LogP contribution in [-0.2, 0) is 0 Å². The van der Waals surface area contributed by atoms with Gasteiger partial charge in [0.15, 0.2) is 0 Å². The molecule has 19 heavy (non-hydrogen) atoms. The smallest absolute Gasteiger partial charge is 0.254 e. The molecular formula is C14H12BrFN2O. The molecule has 2 aromatic rings. The molecule has 0 bridgehead atoms. The quantitative estimate of drug-likeness (QED) is 0.919. The normalized spacial score (nSPS) is 14.7. The van der Waals surface area contributed by atoms with Crippen LogP contribution in [0, 0.1) is 12.7 Å². The van der Waals surface area contributed by atoms with Gasteiger partial charge in [-0.2, -0.15) is 0 Å². The topological polar surface area (TPSA) is 45.8 Å². The molecule has 5 heteroatoms. The summed E-state index contributed by atoms with van der Waals surface area (Å²) in [7, 11) is 0. The molecule has 1 aliphatic carbocycles. The zero-order valence-electron chi connectivity index (χ0n) is 10.3. The molecule has 3 rings (SSSR count). The second-order valence-electron chi connectivity index (χ2n) is 4.80. The van der Waals surface area contributed by atoms with Crippen LogP contribution in [0.15, 0.2) is 27.5 Å². The molecule has 1 aliphatic rings. The molecule has 1 heterocycles. The van der Waals surface area contributed by atoms with Crippen LogP contribution in [-0.4, -0.2) is 9.97 Å². The van der Waals surface area contributed by atoms with Crippen molar-refractivity contribution in [3.05, 3.63) is 50.2 Å². The Hall–Kier alpha value is -1.49. The SMILES string of the molecule is Cc1c(-c2cccc(Br)c2F)nc(C2CC2)[nH]c1=O. The summed E-state index contributed by atoms with van der Waals surface area (Å²) in [5.41, 5.74) is 1.05. The zero-order chi connectivity index (χ0) is 13.6. The summed E-state index contributed by atoms with van der Waals surface area (Å²) in [6, 6.07) is 5.01. The van der Waals surface area contributed by atoms with Crippen LogP contribution in [0.5, 0.6) is 0 Å². The number of rotatable bonds is 2. The molecule has 0 aliphatic heterocycles. The van der Waals surface area contributed by atoms with Crippen molar-refractivity contribution in [3.63, 3.8) is 0 Å². The number of hydrogen-bond acceptors (Lipinski definition) is 2. The fraction of sp³-hybridized carbons (Fsp3) is 0.286. The molecule has 0 unspecified atom stereocenters. The molecule has 1 aromatic heterocycles. The molecule has 98 valence electrons. The minimum Gasteiger partial charge on any atom is -0.310 e. The Morgan fingerprint density at radius 1 is 1.42 bits per heavy atom. The summed E-state index contributed by atoms with van der Waals surface area (Å²) >= 11 is 3.16. The van der Waals surface area contributed by atoms with E-state index in [1.54, 1.807) is 25.1 Å². The van der Waals surface area contributed by atoms with E-state index in [-0.39, 0.29) is 11.4 Å². The van der Waals surface area contributed by atoms with Gasteiger partial charge in [0.05, 0.1) is 10.2 Å². The van der Waals surface area contributed by atoms with Gasteiger partial charge in [0.1, 0.15) is 11.6 Å². The Labute approximate surface area is 118 Å². The molecule has 0 amide bonds. The van der Waals surface area contributed by atoms with E-state index in [0.717, 1.165) is 12.8 Å². The lowest BCUT2D eigenvalue weighted by molar-refractivity contribution is 0.623. The van der Waals surface area contributed by atoms with Gasteiger partial charge >= 0.3 is 0 Å². The number of hydrogen-bond donors (Lipinski definition) is 1. The number of H-pyrrole nitrogens is 1. The molecule has 0 atom stereocenters. The van der Waals surface area contributed by atoms with Gasteiger partial charge in [-0.3, -0.25) is 4.79 Å². The van der Waals surface area contributed by atoms with Crippen molar-refractivity contribution in [2.45, 2.75) is 25.7 Å². The summed E-state index contributed by atoms with van der Waals surface area (Å²) < 4.78 is 14.5. The van der Waals surface area contributed by atoms with Crippen molar-refractivity contribution in [1.82, 2.24) is 9.97 Å². The van der Waals surface area contributed by atoms with E-state index >= 15 is 0 Å². The van der Waals surface area contributed by atoms with Gasteiger partial charge < -0.3 is 4.98 Å². The highest BCUT2D eigenvalue weighted by atomic mass is 79.9. The van der Waals surface area contributed by atoms with Gasteiger partial charge in [-0.05, 0) is 47.8 Å². The minimum absolute atomic E-state index is 0.189. The van der Waals surface area contributed by atoms with Crippen LogP contribution in [0.3, 0.4) is 0 Å². The number of aromatic nitrogens is 2. The van der Waals surface area contributed by atoms with Crippen LogP contribution < -0.4 is 5.56 Å². The first-order chi connectivity index (χ1) is 9.08. The van der Waals surface area contributed by atoms with E-state index in [1.165, 1.54) is 0 Å². The lowest BCUT2D eigenvalue weighted by Crippen LogP contribution is -2.16. The monoisotopic (exact) mass is 322 g/mol. The first kappa shape index (κ1) is 12.5. The maximum Gasteiger partial charge on any atom is 0.254 e. The summed E-state index contributed by atoms with van der Waals surface area (Å²) in [4.78, 5) is 19.2. The highest BCUT2D eigenvalue weighted by Crippen LogP contribution is 2.38. The van der Waals surface area contributed by atoms with Crippen LogP contribution in [0.4, 0.5) is 4.39 Å². The third-order valence-electron chi connectivity index (χ3n) is 3.34. The third kappa shape index (κ3) is 2.23. The van der Waals surface area contributed by atoms with Crippen molar-refractivity contribution in [3.8, 4) is 11.3 Å². The average Bonchev–Trinajstić information content (AvgIpc) is 3.20. The fourth-order valence-corrected chi connectivity index (χ4v) is 2.42. The van der Waals surface area contributed by atoms with Crippen molar-refractivity contribution in [2.24, 2.45) is 0 Å². The van der Waals surface area contributed by atoms with E-state index < -0.39 is 0 Å². The summed E-state index contributed by atoms with van der Waals surface area (Å²) in [5.74, 6) is 0.609. The van der Waals surface area contributed by atoms with Crippen molar-refractivity contribution in [2.75, 3.05) is 0 Å². The van der Waals surface area contributed by atoms with E-state index in [4.69, 9.17) is 0 Å². The molecule has 1 aromatic carbocycles. The van der Waals surface area contributed by atoms with Crippen LogP contribution in [0.25, 0.3) is 11.3 Å². The van der Waals surface area contributed by atoms with Gasteiger partial charge in [0, 0.05) is 17.0 Å². The lowest BCUT2D eigenvalue weighted by Gasteiger charge is -2.09. The largest absolute Gasteiger partial charge is 0.310 e. The molecule has 1 saturated carbocycles. The number of nitrogens with zero attached hydrogens (tertiary/aromatic N) is 1. The molecular weight excluding hydrogens is 311 g/mol. The Balaban J connectivity index is 2.23. The lowest BCUT2D eigenvalue weighted by atomic mass is 10.1. The average molecular weight is 323 g/mol. The minimum atomic E-state index is -0.384. The Morgan fingerprint density at radius 3 is 2.84 bits per heavy atom. The maximum absolute atomic E-state index is 14.1. The van der Waals surface area contributed by atoms with E-state index in [9.17, 15) is 9.18 Å². The van der Waals surface area contributed by atoms with E-state index in [0.29, 0.717) is 33.0 Å². The van der Waals surface area contributed by atoms with Crippen LogP contribution >= 0.6 is 15.9 Å². The molecule has 1 N–H and O–H groups in total. The highest BCUT2D eigenvalue weighted by Gasteiger charge is 2.27. The van der Waals surface area contributed by atoms with Gasteiger partial charge in [-0.15, -0.1) is 0 Å². The zero-order valence-corrected chi connectivity index (χ0v) is 11.9. The summed E-state index contributed by atoms with van der Waals surface area (Å²) in [5, 5.41) is 0.